The highest BCUT2D eigenvalue weighted by molar-refractivity contribution is 8.03. The molecular formula is C44H60Cl2F6N6O2S2. The van der Waals surface area contributed by atoms with E-state index in [-0.39, 0.29) is 32.2 Å². The summed E-state index contributed by atoms with van der Waals surface area (Å²) >= 11 is 14.1. The highest BCUT2D eigenvalue weighted by Crippen LogP contribution is 2.39. The van der Waals surface area contributed by atoms with E-state index in [1.54, 1.807) is 13.8 Å². The van der Waals surface area contributed by atoms with E-state index in [9.17, 15) is 35.9 Å². The Kier molecular flexibility index (Phi) is 22.6. The van der Waals surface area contributed by atoms with Crippen LogP contribution in [-0.4, -0.2) is 97.3 Å². The number of benzene rings is 2. The summed E-state index contributed by atoms with van der Waals surface area (Å²) in [5.41, 5.74) is 5.26. The van der Waals surface area contributed by atoms with Crippen molar-refractivity contribution in [1.29, 1.82) is 0 Å². The van der Waals surface area contributed by atoms with Crippen molar-refractivity contribution in [2.75, 3.05) is 59.4 Å². The van der Waals surface area contributed by atoms with Crippen LogP contribution in [-0.2, 0) is 22.9 Å². The molecule has 2 heterocycles. The second-order valence-corrected chi connectivity index (χ2v) is 18.2. The molecule has 1 amide bonds. The van der Waals surface area contributed by atoms with E-state index in [2.05, 4.69) is 41.0 Å². The Morgan fingerprint density at radius 2 is 1.55 bits per heavy atom. The van der Waals surface area contributed by atoms with Gasteiger partial charge in [0.2, 0.25) is 0 Å². The minimum Gasteiger partial charge on any atom is -0.401 e. The van der Waals surface area contributed by atoms with Crippen molar-refractivity contribution in [3.05, 3.63) is 84.3 Å². The fourth-order valence-electron chi connectivity index (χ4n) is 6.79. The van der Waals surface area contributed by atoms with Crippen LogP contribution in [0, 0.1) is 6.92 Å². The van der Waals surface area contributed by atoms with E-state index < -0.39 is 23.5 Å². The maximum Gasteiger partial charge on any atom is 0.416 e. The molecule has 2 aliphatic rings. The molecule has 1 aromatic heterocycles. The lowest BCUT2D eigenvalue weighted by Crippen LogP contribution is -2.51. The number of nitrogens with two attached hydrogens (primary N) is 1. The van der Waals surface area contributed by atoms with Gasteiger partial charge in [0.15, 0.2) is 6.29 Å². The molecule has 62 heavy (non-hydrogen) atoms. The van der Waals surface area contributed by atoms with E-state index in [0.717, 1.165) is 67.0 Å². The molecule has 0 bridgehead atoms. The van der Waals surface area contributed by atoms with Crippen molar-refractivity contribution >= 4 is 58.5 Å². The number of piperazine rings is 1. The molecule has 1 saturated carbocycles. The summed E-state index contributed by atoms with van der Waals surface area (Å²) in [6, 6.07) is 6.89. The lowest BCUT2D eigenvalue weighted by Gasteiger charge is -2.37. The second-order valence-electron chi connectivity index (χ2n) is 15.4. The second kappa shape index (κ2) is 26.2. The van der Waals surface area contributed by atoms with Crippen molar-refractivity contribution in [1.82, 2.24) is 25.0 Å². The van der Waals surface area contributed by atoms with Crippen LogP contribution in [0.3, 0.4) is 0 Å². The Morgan fingerprint density at radius 1 is 0.952 bits per heavy atom. The third-order valence-corrected chi connectivity index (χ3v) is 13.7. The summed E-state index contributed by atoms with van der Waals surface area (Å²) in [5.74, 6) is 0.0381. The Hall–Kier alpha value is -2.86. The monoisotopic (exact) mass is 952 g/mol. The molecule has 8 nitrogen and oxygen atoms in total. The summed E-state index contributed by atoms with van der Waals surface area (Å²) in [6.45, 7) is 15.5. The summed E-state index contributed by atoms with van der Waals surface area (Å²) in [4.78, 5) is 35.5. The highest BCUT2D eigenvalue weighted by atomic mass is 35.5. The first-order valence-electron chi connectivity index (χ1n) is 21.0. The zero-order valence-electron chi connectivity index (χ0n) is 36.2. The number of allylic oxidation sites excluding steroid dienone is 2. The largest absolute Gasteiger partial charge is 0.416 e. The number of thiazole rings is 1. The Bertz CT molecular complexity index is 1890. The Morgan fingerprint density at radius 3 is 2.11 bits per heavy atom. The van der Waals surface area contributed by atoms with E-state index in [0.29, 0.717) is 52.3 Å². The molecule has 0 spiro atoms. The minimum absolute atomic E-state index is 0.106. The summed E-state index contributed by atoms with van der Waals surface area (Å²) in [7, 11) is 2.18. The maximum atomic E-state index is 13.1. The first kappa shape index (κ1) is 53.5. The van der Waals surface area contributed by atoms with Gasteiger partial charge in [0, 0.05) is 54.3 Å². The van der Waals surface area contributed by atoms with Crippen LogP contribution < -0.4 is 11.1 Å². The number of alkyl halides is 6. The van der Waals surface area contributed by atoms with Crippen LogP contribution in [0.25, 0.3) is 10.6 Å². The molecule has 0 unspecified atom stereocenters. The van der Waals surface area contributed by atoms with E-state index in [1.165, 1.54) is 83.1 Å². The summed E-state index contributed by atoms with van der Waals surface area (Å²) in [5, 5.41) is 4.21. The van der Waals surface area contributed by atoms with E-state index in [4.69, 9.17) is 28.9 Å². The number of nitrogens with zero attached hydrogens (tertiary/aromatic N) is 4. The quantitative estimate of drug-likeness (QED) is 0.0635. The van der Waals surface area contributed by atoms with Crippen molar-refractivity contribution in [2.45, 2.75) is 103 Å². The van der Waals surface area contributed by atoms with Crippen LogP contribution in [0.2, 0.25) is 10.0 Å². The van der Waals surface area contributed by atoms with Crippen LogP contribution in [0.5, 0.6) is 0 Å². The molecule has 1 aliphatic carbocycles. The van der Waals surface area contributed by atoms with Gasteiger partial charge in [-0.05, 0) is 115 Å². The van der Waals surface area contributed by atoms with Crippen molar-refractivity contribution in [2.24, 2.45) is 5.73 Å². The number of hydrogen-bond donors (Lipinski definition) is 2. The van der Waals surface area contributed by atoms with Crippen LogP contribution in [0.15, 0.2) is 47.0 Å². The number of aromatic nitrogens is 1. The fraction of sp³-hybridized carbons (Fsp3) is 0.568. The molecule has 5 rings (SSSR count). The van der Waals surface area contributed by atoms with Gasteiger partial charge < -0.3 is 20.9 Å². The zero-order chi connectivity index (χ0) is 46.0. The number of aldehydes is 1. The molecule has 1 aliphatic heterocycles. The van der Waals surface area contributed by atoms with E-state index >= 15 is 0 Å². The average Bonchev–Trinajstić information content (AvgIpc) is 3.91. The number of rotatable bonds is 16. The molecule has 0 atom stereocenters. The number of hydrogen-bond acceptors (Lipinski definition) is 9. The summed E-state index contributed by atoms with van der Waals surface area (Å²) < 4.78 is 76.9. The predicted octanol–water partition coefficient (Wildman–Crippen LogP) is 11.6. The number of aryl methyl sites for hydroxylation is 1. The number of carbonyl (C=O) groups excluding carboxylic acids is 2. The highest BCUT2D eigenvalue weighted by Gasteiger charge is 2.33. The molecule has 0 radical (unpaired) electrons. The molecule has 2 fully saturated rings. The molecular weight excluding hydrogens is 894 g/mol. The van der Waals surface area contributed by atoms with Crippen molar-refractivity contribution in [3.8, 4) is 10.6 Å². The number of amides is 1. The first-order chi connectivity index (χ1) is 29.3. The molecule has 2 aromatic carbocycles. The number of thioether (sulfide) groups is 1. The molecule has 3 aromatic rings. The lowest BCUT2D eigenvalue weighted by molar-refractivity contribution is -0.138. The van der Waals surface area contributed by atoms with Crippen LogP contribution in [0.1, 0.15) is 104 Å². The number of halogens is 8. The SMILES string of the molecule is C/C(N)=C(\C=O)SCc1cc(C(F)(F)F)ccc1Cl.CCCCCNCCCN(C)CC.Cc1nc(-c2cc(C(F)(F)F)ccc2Cl)sc1C(=O)N1CCN(C2CCCC2)CC1. The Labute approximate surface area is 381 Å². The molecule has 18 heteroatoms. The maximum absolute atomic E-state index is 13.1. The predicted molar refractivity (Wildman–Crippen MR) is 243 cm³/mol. The van der Waals surface area contributed by atoms with Gasteiger partial charge in [-0.3, -0.25) is 14.5 Å². The van der Waals surface area contributed by atoms with Gasteiger partial charge in [-0.25, -0.2) is 4.98 Å². The standard InChI is InChI=1S/C21H23ClF3N3OS.C12H11ClF3NOS.C11H26N2/c1-13-18(20(29)28-10-8-27(9-11-28)15-4-2-3-5-15)30-19(26-13)16-12-14(21(23,24)25)6-7-17(16)22;1-7(17)11(5-18)19-6-8-4-9(12(14,15)16)2-3-10(8)13;1-4-6-7-9-12-10-8-11-13(3)5-2/h6-7,12,15H,2-5,8-11H2,1H3;2-5H,6,17H2,1H3;12H,4-11H2,1-3H3/b;11-7-;. The molecule has 346 valence electrons. The van der Waals surface area contributed by atoms with Gasteiger partial charge >= 0.3 is 12.4 Å². The van der Waals surface area contributed by atoms with Gasteiger partial charge in [0.25, 0.3) is 5.91 Å². The third kappa shape index (κ3) is 17.3. The fourth-order valence-corrected chi connectivity index (χ4v) is 9.23. The van der Waals surface area contributed by atoms with Gasteiger partial charge in [-0.15, -0.1) is 23.1 Å². The molecule has 3 N–H and O–H groups in total. The first-order valence-corrected chi connectivity index (χ1v) is 23.5. The van der Waals surface area contributed by atoms with Crippen molar-refractivity contribution in [3.63, 3.8) is 0 Å². The van der Waals surface area contributed by atoms with Gasteiger partial charge in [0.05, 0.1) is 26.7 Å². The van der Waals surface area contributed by atoms with Crippen LogP contribution in [0.4, 0.5) is 26.3 Å². The normalized spacial score (nSPS) is 15.5. The van der Waals surface area contributed by atoms with Crippen molar-refractivity contribution < 1.29 is 35.9 Å². The average molecular weight is 954 g/mol. The minimum atomic E-state index is -4.47. The van der Waals surface area contributed by atoms with E-state index in [1.807, 2.05) is 4.90 Å². The topological polar surface area (TPSA) is 94.8 Å². The zero-order valence-corrected chi connectivity index (χ0v) is 39.3. The van der Waals surface area contributed by atoms with Gasteiger partial charge in [-0.1, -0.05) is 62.7 Å². The summed E-state index contributed by atoms with van der Waals surface area (Å²) in [6.07, 6.45) is 2.02. The number of carbonyl (C=O) groups is 2. The number of unbranched alkanes of at least 4 members (excludes halogenated alkanes) is 2. The molecule has 1 saturated heterocycles. The van der Waals surface area contributed by atoms with Gasteiger partial charge in [0.1, 0.15) is 9.88 Å². The number of nitrogens with one attached hydrogen (secondary N) is 1. The lowest BCUT2D eigenvalue weighted by atomic mass is 10.1. The van der Waals surface area contributed by atoms with Crippen LogP contribution >= 0.6 is 46.3 Å². The van der Waals surface area contributed by atoms with Gasteiger partial charge in [-0.2, -0.15) is 26.3 Å². The Balaban J connectivity index is 0.000000275. The third-order valence-electron chi connectivity index (χ3n) is 10.6. The smallest absolute Gasteiger partial charge is 0.401 e.